The third kappa shape index (κ3) is 1.49. The predicted molar refractivity (Wildman–Crippen MR) is 41.8 cm³/mol. The second-order valence-corrected chi connectivity index (χ2v) is 2.49. The molecular weight excluding hydrogens is 148 g/mol. The average molecular weight is 156 g/mol. The van der Waals surface area contributed by atoms with Crippen molar-refractivity contribution in [2.75, 3.05) is 0 Å². The van der Waals surface area contributed by atoms with Crippen molar-refractivity contribution in [3.8, 4) is 0 Å². The van der Waals surface area contributed by atoms with Crippen LogP contribution in [0.3, 0.4) is 0 Å². The van der Waals surface area contributed by atoms with Crippen molar-refractivity contribution < 1.29 is 5.11 Å². The van der Waals surface area contributed by atoms with Gasteiger partial charge < -0.3 is 5.11 Å². The van der Waals surface area contributed by atoms with Crippen LogP contribution >= 0.6 is 11.6 Å². The van der Waals surface area contributed by atoms with Crippen molar-refractivity contribution in [2.24, 2.45) is 0 Å². The van der Waals surface area contributed by atoms with E-state index in [4.69, 9.17) is 16.7 Å². The second kappa shape index (κ2) is 3.04. The molecule has 0 amide bonds. The maximum absolute atomic E-state index is 8.73. The van der Waals surface area contributed by atoms with E-state index in [1.807, 2.05) is 6.07 Å². The Morgan fingerprint density at radius 2 is 2.20 bits per heavy atom. The fraction of sp³-hybridized carbons (Fsp3) is 0.125. The molecule has 0 heterocycles. The van der Waals surface area contributed by atoms with Crippen molar-refractivity contribution in [2.45, 2.75) is 6.61 Å². The molecule has 0 saturated carbocycles. The summed E-state index contributed by atoms with van der Waals surface area (Å²) in [5.74, 6) is 0. The van der Waals surface area contributed by atoms with Gasteiger partial charge >= 0.3 is 0 Å². The lowest BCUT2D eigenvalue weighted by Gasteiger charge is -1.99. The van der Waals surface area contributed by atoms with Gasteiger partial charge in [-0.3, -0.25) is 0 Å². The zero-order valence-corrected chi connectivity index (χ0v) is 6.23. The van der Waals surface area contributed by atoms with Crippen molar-refractivity contribution in [1.82, 2.24) is 0 Å². The molecule has 1 N–H and O–H groups in total. The highest BCUT2D eigenvalue weighted by Gasteiger charge is 1.96. The molecule has 0 spiro atoms. The molecule has 2 heteroatoms. The molecule has 0 aliphatic heterocycles. The van der Waals surface area contributed by atoms with Gasteiger partial charge in [-0.15, -0.1) is 0 Å². The first-order chi connectivity index (χ1) is 4.74. The van der Waals surface area contributed by atoms with Crippen LogP contribution in [0.25, 0.3) is 0 Å². The second-order valence-electron chi connectivity index (χ2n) is 2.08. The summed E-state index contributed by atoms with van der Waals surface area (Å²) in [7, 11) is 0. The molecule has 1 aromatic carbocycles. The Labute approximate surface area is 65.3 Å². The highest BCUT2D eigenvalue weighted by Crippen LogP contribution is 2.16. The summed E-state index contributed by atoms with van der Waals surface area (Å²) in [6.45, 7) is 3.67. The van der Waals surface area contributed by atoms with E-state index in [1.165, 1.54) is 0 Å². The lowest BCUT2D eigenvalue weighted by atomic mass is 10.1. The summed E-state index contributed by atoms with van der Waals surface area (Å²) < 4.78 is 0. The Morgan fingerprint density at radius 3 is 2.70 bits per heavy atom. The Morgan fingerprint density at radius 1 is 1.50 bits per heavy atom. The standard InChI is InChI=1S/C8H8ClO/c1-6-2-3-8(9)7(4-6)5-10/h2-4,10H,1,5H2. The van der Waals surface area contributed by atoms with Gasteiger partial charge in [0, 0.05) is 5.02 Å². The number of rotatable bonds is 1. The SMILES string of the molecule is [CH2]c1ccc(Cl)c(CO)c1. The van der Waals surface area contributed by atoms with Crippen LogP contribution in [-0.4, -0.2) is 5.11 Å². The minimum atomic E-state index is -0.0256. The van der Waals surface area contributed by atoms with Crippen LogP contribution in [0.4, 0.5) is 0 Å². The molecule has 1 rings (SSSR count). The van der Waals surface area contributed by atoms with Gasteiger partial charge in [-0.2, -0.15) is 0 Å². The lowest BCUT2D eigenvalue weighted by Crippen LogP contribution is -1.84. The van der Waals surface area contributed by atoms with Gasteiger partial charge in [0.15, 0.2) is 0 Å². The van der Waals surface area contributed by atoms with E-state index in [9.17, 15) is 0 Å². The van der Waals surface area contributed by atoms with E-state index < -0.39 is 0 Å². The highest BCUT2D eigenvalue weighted by atomic mass is 35.5. The summed E-state index contributed by atoms with van der Waals surface area (Å²) in [4.78, 5) is 0. The Balaban J connectivity index is 3.09. The maximum atomic E-state index is 8.73. The number of aliphatic hydroxyl groups is 1. The minimum Gasteiger partial charge on any atom is -0.392 e. The van der Waals surface area contributed by atoms with E-state index in [-0.39, 0.29) is 6.61 Å². The summed E-state index contributed by atoms with van der Waals surface area (Å²) in [6, 6.07) is 5.30. The Bertz CT molecular complexity index is 233. The zero-order valence-electron chi connectivity index (χ0n) is 5.47. The summed E-state index contributed by atoms with van der Waals surface area (Å²) in [5.41, 5.74) is 1.60. The fourth-order valence-electron chi connectivity index (χ4n) is 0.749. The predicted octanol–water partition coefficient (Wildman–Crippen LogP) is 2.01. The topological polar surface area (TPSA) is 20.2 Å². The monoisotopic (exact) mass is 155 g/mol. The first-order valence-corrected chi connectivity index (χ1v) is 3.33. The molecule has 0 saturated heterocycles. The number of benzene rings is 1. The highest BCUT2D eigenvalue weighted by molar-refractivity contribution is 6.31. The van der Waals surface area contributed by atoms with Crippen LogP contribution in [0.5, 0.6) is 0 Å². The van der Waals surface area contributed by atoms with Gasteiger partial charge in [0.05, 0.1) is 6.61 Å². The summed E-state index contributed by atoms with van der Waals surface area (Å²) in [6.07, 6.45) is 0. The molecule has 0 atom stereocenters. The van der Waals surface area contributed by atoms with E-state index in [0.717, 1.165) is 11.1 Å². The lowest BCUT2D eigenvalue weighted by molar-refractivity contribution is 0.282. The van der Waals surface area contributed by atoms with Gasteiger partial charge in [-0.1, -0.05) is 23.7 Å². The average Bonchev–Trinajstić information content (AvgIpc) is 1.94. The fourth-order valence-corrected chi connectivity index (χ4v) is 0.927. The van der Waals surface area contributed by atoms with E-state index in [1.54, 1.807) is 12.1 Å². The smallest absolute Gasteiger partial charge is 0.0696 e. The van der Waals surface area contributed by atoms with Crippen LogP contribution in [0, 0.1) is 6.92 Å². The van der Waals surface area contributed by atoms with Crippen molar-refractivity contribution >= 4 is 11.6 Å². The summed E-state index contributed by atoms with van der Waals surface area (Å²) in [5, 5.41) is 9.32. The van der Waals surface area contributed by atoms with E-state index >= 15 is 0 Å². The van der Waals surface area contributed by atoms with Gasteiger partial charge in [0.2, 0.25) is 0 Å². The molecule has 1 aromatic rings. The van der Waals surface area contributed by atoms with Crippen LogP contribution in [0.15, 0.2) is 18.2 Å². The van der Waals surface area contributed by atoms with Crippen LogP contribution in [0.1, 0.15) is 11.1 Å². The Kier molecular flexibility index (Phi) is 2.30. The molecule has 0 fully saturated rings. The quantitative estimate of drug-likeness (QED) is 0.658. The Hall–Kier alpha value is -0.530. The third-order valence-electron chi connectivity index (χ3n) is 1.28. The summed E-state index contributed by atoms with van der Waals surface area (Å²) >= 11 is 5.71. The largest absolute Gasteiger partial charge is 0.392 e. The first kappa shape index (κ1) is 7.58. The third-order valence-corrected chi connectivity index (χ3v) is 1.65. The molecule has 0 aromatic heterocycles. The number of hydrogen-bond acceptors (Lipinski definition) is 1. The molecule has 53 valence electrons. The molecule has 0 aliphatic rings. The van der Waals surface area contributed by atoms with Gasteiger partial charge in [-0.05, 0) is 24.1 Å². The maximum Gasteiger partial charge on any atom is 0.0696 e. The molecule has 1 nitrogen and oxygen atoms in total. The van der Waals surface area contributed by atoms with Crippen molar-refractivity contribution in [1.29, 1.82) is 0 Å². The van der Waals surface area contributed by atoms with E-state index in [2.05, 4.69) is 6.92 Å². The van der Waals surface area contributed by atoms with Gasteiger partial charge in [0.25, 0.3) is 0 Å². The molecule has 0 bridgehead atoms. The first-order valence-electron chi connectivity index (χ1n) is 2.95. The van der Waals surface area contributed by atoms with Gasteiger partial charge in [-0.25, -0.2) is 0 Å². The minimum absolute atomic E-state index is 0.0256. The number of halogens is 1. The number of aliphatic hydroxyl groups excluding tert-OH is 1. The normalized spacial score (nSPS) is 9.90. The molecular formula is C8H8ClO. The van der Waals surface area contributed by atoms with E-state index in [0.29, 0.717) is 5.02 Å². The van der Waals surface area contributed by atoms with Crippen molar-refractivity contribution in [3.05, 3.63) is 41.3 Å². The van der Waals surface area contributed by atoms with Crippen LogP contribution in [0.2, 0.25) is 5.02 Å². The zero-order chi connectivity index (χ0) is 7.56. The van der Waals surface area contributed by atoms with Crippen molar-refractivity contribution in [3.63, 3.8) is 0 Å². The van der Waals surface area contributed by atoms with Gasteiger partial charge in [0.1, 0.15) is 0 Å². The molecule has 0 aliphatic carbocycles. The molecule has 10 heavy (non-hydrogen) atoms. The van der Waals surface area contributed by atoms with Crippen LogP contribution in [-0.2, 0) is 6.61 Å². The molecule has 1 radical (unpaired) electrons. The van der Waals surface area contributed by atoms with Crippen LogP contribution < -0.4 is 0 Å². The number of hydrogen-bond donors (Lipinski definition) is 1. The molecule has 0 unspecified atom stereocenters.